The van der Waals surface area contributed by atoms with E-state index in [0.717, 1.165) is 31.7 Å². The van der Waals surface area contributed by atoms with Gasteiger partial charge in [-0.2, -0.15) is 0 Å². The summed E-state index contributed by atoms with van der Waals surface area (Å²) in [5, 5.41) is 22.9. The van der Waals surface area contributed by atoms with Gasteiger partial charge in [0.2, 0.25) is 0 Å². The van der Waals surface area contributed by atoms with Crippen molar-refractivity contribution in [2.24, 2.45) is 28.6 Å². The third kappa shape index (κ3) is 5.10. The Balaban J connectivity index is 0.000000229. The molecule has 6 atom stereocenters. The van der Waals surface area contributed by atoms with E-state index in [1.54, 1.807) is 0 Å². The molecule has 1 aromatic rings. The van der Waals surface area contributed by atoms with Gasteiger partial charge in [0.1, 0.15) is 0 Å². The summed E-state index contributed by atoms with van der Waals surface area (Å²) in [6.07, 6.45) is 8.96. The third-order valence-corrected chi connectivity index (χ3v) is 9.37. The number of benzene rings is 1. The van der Waals surface area contributed by atoms with Gasteiger partial charge < -0.3 is 15.5 Å². The summed E-state index contributed by atoms with van der Waals surface area (Å²) < 4.78 is 0. The predicted molar refractivity (Wildman–Crippen MR) is 130 cm³/mol. The Labute approximate surface area is 190 Å². The predicted octanol–water partition coefficient (Wildman–Crippen LogP) is 5.63. The van der Waals surface area contributed by atoms with Crippen LogP contribution in [0.4, 0.5) is 0 Å². The Bertz CT molecular complexity index is 746. The number of aryl methyl sites for hydroxylation is 1. The highest BCUT2D eigenvalue weighted by atomic mass is 16.3. The first-order valence-corrected chi connectivity index (χ1v) is 12.4. The van der Waals surface area contributed by atoms with Gasteiger partial charge in [-0.1, -0.05) is 50.3 Å². The minimum absolute atomic E-state index is 0.199. The second-order valence-electron chi connectivity index (χ2n) is 11.0. The van der Waals surface area contributed by atoms with Crippen LogP contribution in [0.2, 0.25) is 0 Å². The number of fused-ring (bicyclic) bond motifs is 1. The highest BCUT2D eigenvalue weighted by Gasteiger charge is 2.51. The molecule has 3 fully saturated rings. The van der Waals surface area contributed by atoms with Crippen LogP contribution in [0.3, 0.4) is 0 Å². The van der Waals surface area contributed by atoms with E-state index in [-0.39, 0.29) is 24.0 Å². The van der Waals surface area contributed by atoms with Gasteiger partial charge >= 0.3 is 0 Å². The summed E-state index contributed by atoms with van der Waals surface area (Å²) in [4.78, 5) is 0. The van der Waals surface area contributed by atoms with Crippen molar-refractivity contribution in [3.63, 3.8) is 0 Å². The van der Waals surface area contributed by atoms with Crippen LogP contribution in [-0.2, 0) is 6.54 Å². The summed E-state index contributed by atoms with van der Waals surface area (Å²) >= 11 is 0. The molecule has 3 N–H and O–H groups in total. The van der Waals surface area contributed by atoms with Crippen LogP contribution >= 0.6 is 0 Å². The fourth-order valence-corrected chi connectivity index (χ4v) is 6.75. The maximum atomic E-state index is 9.94. The van der Waals surface area contributed by atoms with Crippen LogP contribution in [0, 0.1) is 35.5 Å². The monoisotopic (exact) mass is 427 g/mol. The first kappa shape index (κ1) is 24.5. The average Bonchev–Trinajstić information content (AvgIpc) is 3.06. The molecule has 0 amide bonds. The molecule has 174 valence electrons. The van der Waals surface area contributed by atoms with Gasteiger partial charge in [-0.25, -0.2) is 0 Å². The number of allylic oxidation sites excluding steroid dienone is 1. The SMILES string of the molecule is C=C1CCC2CC(C3(C)CCC(O)CC3CO)CCC12C.CNCc1ccccc1C. The zero-order valence-corrected chi connectivity index (χ0v) is 20.3. The number of hydrogen-bond acceptors (Lipinski definition) is 3. The van der Waals surface area contributed by atoms with Gasteiger partial charge in [-0.3, -0.25) is 0 Å². The molecule has 0 saturated heterocycles. The van der Waals surface area contributed by atoms with E-state index in [4.69, 9.17) is 0 Å². The highest BCUT2D eigenvalue weighted by molar-refractivity contribution is 5.25. The second kappa shape index (κ2) is 10.2. The first-order chi connectivity index (χ1) is 14.7. The van der Waals surface area contributed by atoms with Crippen LogP contribution in [0.15, 0.2) is 36.4 Å². The number of aliphatic hydroxyl groups excluding tert-OH is 2. The van der Waals surface area contributed by atoms with E-state index in [2.05, 4.69) is 56.9 Å². The maximum Gasteiger partial charge on any atom is 0.0544 e. The van der Waals surface area contributed by atoms with E-state index >= 15 is 0 Å². The van der Waals surface area contributed by atoms with Crippen molar-refractivity contribution < 1.29 is 10.2 Å². The molecule has 0 bridgehead atoms. The highest BCUT2D eigenvalue weighted by Crippen LogP contribution is 2.61. The molecule has 0 radical (unpaired) electrons. The van der Waals surface area contributed by atoms with Crippen molar-refractivity contribution in [1.82, 2.24) is 5.32 Å². The lowest BCUT2D eigenvalue weighted by atomic mass is 9.53. The van der Waals surface area contributed by atoms with Crippen molar-refractivity contribution >= 4 is 0 Å². The summed E-state index contributed by atoms with van der Waals surface area (Å²) in [5.41, 5.74) is 4.82. The number of aliphatic hydroxyl groups is 2. The Hall–Kier alpha value is -1.16. The Morgan fingerprint density at radius 3 is 2.48 bits per heavy atom. The molecule has 6 unspecified atom stereocenters. The van der Waals surface area contributed by atoms with Gasteiger partial charge in [0, 0.05) is 13.2 Å². The van der Waals surface area contributed by atoms with E-state index in [9.17, 15) is 10.2 Å². The van der Waals surface area contributed by atoms with E-state index < -0.39 is 0 Å². The molecule has 0 heterocycles. The molecule has 31 heavy (non-hydrogen) atoms. The summed E-state index contributed by atoms with van der Waals surface area (Å²) in [6.45, 7) is 12.5. The van der Waals surface area contributed by atoms with Gasteiger partial charge in [0.25, 0.3) is 0 Å². The van der Waals surface area contributed by atoms with Crippen molar-refractivity contribution in [3.8, 4) is 0 Å². The van der Waals surface area contributed by atoms with Gasteiger partial charge in [-0.15, -0.1) is 0 Å². The lowest BCUT2D eigenvalue weighted by Crippen LogP contribution is -2.46. The zero-order valence-electron chi connectivity index (χ0n) is 20.3. The number of rotatable bonds is 4. The first-order valence-electron chi connectivity index (χ1n) is 12.4. The van der Waals surface area contributed by atoms with Crippen LogP contribution < -0.4 is 5.32 Å². The van der Waals surface area contributed by atoms with E-state index in [1.807, 2.05) is 7.05 Å². The molecule has 3 aliphatic rings. The lowest BCUT2D eigenvalue weighted by Gasteiger charge is -2.52. The molecule has 3 heteroatoms. The molecule has 3 saturated carbocycles. The van der Waals surface area contributed by atoms with Crippen molar-refractivity contribution in [3.05, 3.63) is 47.5 Å². The molecule has 3 nitrogen and oxygen atoms in total. The Morgan fingerprint density at radius 1 is 1.06 bits per heavy atom. The topological polar surface area (TPSA) is 52.5 Å². The molecule has 0 aromatic heterocycles. The van der Waals surface area contributed by atoms with Crippen molar-refractivity contribution in [1.29, 1.82) is 0 Å². The Kier molecular flexibility index (Phi) is 8.05. The summed E-state index contributed by atoms with van der Waals surface area (Å²) in [5.74, 6) is 1.79. The van der Waals surface area contributed by atoms with Crippen LogP contribution in [0.25, 0.3) is 0 Å². The standard InChI is InChI=1S/C19H32O2.C9H13N/c1-13-4-5-14-10-15(6-8-18(13,14)2)19(3)9-7-17(21)11-16(19)12-20;1-8-5-3-4-6-9(8)7-10-2/h14-17,20-21H,1,4-12H2,2-3H3;3-6,10H,7H2,1-2H3. The number of hydrogen-bond donors (Lipinski definition) is 3. The number of nitrogens with one attached hydrogen (secondary N) is 1. The molecular formula is C28H45NO2. The zero-order chi connectivity index (χ0) is 22.6. The van der Waals surface area contributed by atoms with E-state index in [0.29, 0.717) is 11.3 Å². The van der Waals surface area contributed by atoms with Crippen LogP contribution in [-0.4, -0.2) is 30.0 Å². The smallest absolute Gasteiger partial charge is 0.0544 e. The maximum absolute atomic E-state index is 9.94. The minimum Gasteiger partial charge on any atom is -0.396 e. The average molecular weight is 428 g/mol. The second-order valence-corrected chi connectivity index (χ2v) is 11.0. The van der Waals surface area contributed by atoms with Crippen molar-refractivity contribution in [2.75, 3.05) is 13.7 Å². The molecule has 4 rings (SSSR count). The van der Waals surface area contributed by atoms with Gasteiger partial charge in [0.15, 0.2) is 0 Å². The van der Waals surface area contributed by atoms with Crippen LogP contribution in [0.5, 0.6) is 0 Å². The Morgan fingerprint density at radius 2 is 1.81 bits per heavy atom. The fraction of sp³-hybridized carbons (Fsp3) is 0.714. The van der Waals surface area contributed by atoms with Crippen molar-refractivity contribution in [2.45, 2.75) is 84.8 Å². The molecule has 0 aliphatic heterocycles. The molecular weight excluding hydrogens is 382 g/mol. The van der Waals surface area contributed by atoms with E-state index in [1.165, 1.54) is 48.8 Å². The fourth-order valence-electron chi connectivity index (χ4n) is 6.75. The van der Waals surface area contributed by atoms with Gasteiger partial charge in [-0.05, 0) is 105 Å². The van der Waals surface area contributed by atoms with Crippen LogP contribution in [0.1, 0.15) is 76.3 Å². The largest absolute Gasteiger partial charge is 0.396 e. The normalized spacial score (nSPS) is 37.7. The third-order valence-electron chi connectivity index (χ3n) is 9.37. The lowest BCUT2D eigenvalue weighted by molar-refractivity contribution is -0.0661. The molecule has 0 spiro atoms. The quantitative estimate of drug-likeness (QED) is 0.546. The van der Waals surface area contributed by atoms with Gasteiger partial charge in [0.05, 0.1) is 6.10 Å². The summed E-state index contributed by atoms with van der Waals surface area (Å²) in [7, 11) is 1.96. The minimum atomic E-state index is -0.199. The molecule has 3 aliphatic carbocycles. The summed E-state index contributed by atoms with van der Waals surface area (Å²) in [6, 6.07) is 8.41. The molecule has 1 aromatic carbocycles.